The summed E-state index contributed by atoms with van der Waals surface area (Å²) in [4.78, 5) is 4.29. The smallest absolute Gasteiger partial charge is 0.146 e. The molecule has 0 amide bonds. The Morgan fingerprint density at radius 1 is 1.53 bits per heavy atom. The average Bonchev–Trinajstić information content (AvgIpc) is 2.66. The van der Waals surface area contributed by atoms with E-state index in [2.05, 4.69) is 17.0 Å². The van der Waals surface area contributed by atoms with Crippen LogP contribution in [0.25, 0.3) is 0 Å². The normalized spacial score (nSPS) is 31.8. The van der Waals surface area contributed by atoms with E-state index in [9.17, 15) is 0 Å². The molecule has 0 saturated heterocycles. The Kier molecular flexibility index (Phi) is 2.78. The molecule has 0 aromatic carbocycles. The maximum atomic E-state index is 6.42. The summed E-state index contributed by atoms with van der Waals surface area (Å²) in [6.07, 6.45) is 7.39. The quantitative estimate of drug-likeness (QED) is 0.802. The lowest BCUT2D eigenvalue weighted by Crippen LogP contribution is -2.42. The summed E-state index contributed by atoms with van der Waals surface area (Å²) in [6, 6.07) is 0. The topological polar surface area (TPSA) is 56.7 Å². The van der Waals surface area contributed by atoms with E-state index >= 15 is 0 Å². The summed E-state index contributed by atoms with van der Waals surface area (Å²) >= 11 is 0. The number of rotatable bonds is 2. The van der Waals surface area contributed by atoms with Crippen LogP contribution in [0.2, 0.25) is 0 Å². The highest BCUT2D eigenvalue weighted by Gasteiger charge is 2.35. The van der Waals surface area contributed by atoms with Crippen molar-refractivity contribution in [3.05, 3.63) is 12.2 Å². The van der Waals surface area contributed by atoms with Crippen molar-refractivity contribution >= 4 is 0 Å². The van der Waals surface area contributed by atoms with Gasteiger partial charge in [-0.15, -0.1) is 0 Å². The van der Waals surface area contributed by atoms with E-state index in [4.69, 9.17) is 5.73 Å². The van der Waals surface area contributed by atoms with Crippen LogP contribution in [0.3, 0.4) is 0 Å². The van der Waals surface area contributed by atoms with Crippen LogP contribution in [0.5, 0.6) is 0 Å². The first kappa shape index (κ1) is 10.6. The molecule has 4 heteroatoms. The molecule has 0 radical (unpaired) electrons. The second-order valence-corrected chi connectivity index (χ2v) is 4.72. The summed E-state index contributed by atoms with van der Waals surface area (Å²) < 4.78 is 1.81. The molecule has 1 aromatic heterocycles. The average molecular weight is 208 g/mol. The van der Waals surface area contributed by atoms with Crippen LogP contribution in [-0.4, -0.2) is 14.8 Å². The molecule has 0 unspecified atom stereocenters. The second kappa shape index (κ2) is 3.93. The van der Waals surface area contributed by atoms with E-state index in [1.54, 1.807) is 6.33 Å². The van der Waals surface area contributed by atoms with Gasteiger partial charge in [-0.05, 0) is 31.6 Å². The fourth-order valence-electron chi connectivity index (χ4n) is 2.57. The van der Waals surface area contributed by atoms with Gasteiger partial charge in [-0.1, -0.05) is 13.3 Å². The van der Waals surface area contributed by atoms with E-state index in [0.717, 1.165) is 24.6 Å². The van der Waals surface area contributed by atoms with Crippen LogP contribution < -0.4 is 5.73 Å². The zero-order chi connectivity index (χ0) is 10.9. The number of nitrogens with zero attached hydrogens (tertiary/aromatic N) is 3. The fraction of sp³-hybridized carbons (Fsp3) is 0.818. The van der Waals surface area contributed by atoms with Crippen molar-refractivity contribution in [2.24, 2.45) is 18.7 Å². The fourth-order valence-corrected chi connectivity index (χ4v) is 2.57. The number of nitrogens with two attached hydrogens (primary N) is 1. The van der Waals surface area contributed by atoms with Crippen LogP contribution >= 0.6 is 0 Å². The molecule has 1 aliphatic rings. The van der Waals surface area contributed by atoms with Crippen molar-refractivity contribution in [3.63, 3.8) is 0 Å². The van der Waals surface area contributed by atoms with E-state index in [0.29, 0.717) is 0 Å². The first-order valence-electron chi connectivity index (χ1n) is 5.79. The van der Waals surface area contributed by atoms with Gasteiger partial charge in [0.1, 0.15) is 12.2 Å². The van der Waals surface area contributed by atoms with Crippen molar-refractivity contribution < 1.29 is 0 Å². The molecule has 1 aromatic rings. The van der Waals surface area contributed by atoms with Crippen molar-refractivity contribution in [2.75, 3.05) is 0 Å². The zero-order valence-corrected chi connectivity index (χ0v) is 9.61. The maximum absolute atomic E-state index is 6.42. The first-order valence-corrected chi connectivity index (χ1v) is 5.79. The summed E-state index contributed by atoms with van der Waals surface area (Å²) in [5.74, 6) is 1.80. The van der Waals surface area contributed by atoms with E-state index in [-0.39, 0.29) is 5.54 Å². The van der Waals surface area contributed by atoms with Gasteiger partial charge < -0.3 is 5.73 Å². The largest absolute Gasteiger partial charge is 0.319 e. The van der Waals surface area contributed by atoms with Crippen LogP contribution in [0.1, 0.15) is 44.9 Å². The van der Waals surface area contributed by atoms with Crippen LogP contribution in [0.15, 0.2) is 6.33 Å². The monoisotopic (exact) mass is 208 g/mol. The highest BCUT2D eigenvalue weighted by molar-refractivity contribution is 5.06. The predicted molar refractivity (Wildman–Crippen MR) is 59.1 cm³/mol. The predicted octanol–water partition coefficient (Wildman–Crippen LogP) is 1.57. The van der Waals surface area contributed by atoms with Crippen molar-refractivity contribution in [1.82, 2.24) is 14.8 Å². The molecular weight excluding hydrogens is 188 g/mol. The summed E-state index contributed by atoms with van der Waals surface area (Å²) in [7, 11) is 1.92. The maximum Gasteiger partial charge on any atom is 0.146 e. The van der Waals surface area contributed by atoms with Gasteiger partial charge >= 0.3 is 0 Å². The Morgan fingerprint density at radius 2 is 2.20 bits per heavy atom. The number of hydrogen-bond acceptors (Lipinski definition) is 3. The Morgan fingerprint density at radius 3 is 2.67 bits per heavy atom. The highest BCUT2D eigenvalue weighted by atomic mass is 15.3. The van der Waals surface area contributed by atoms with Gasteiger partial charge in [0, 0.05) is 7.05 Å². The third kappa shape index (κ3) is 1.91. The van der Waals surface area contributed by atoms with Crippen molar-refractivity contribution in [1.29, 1.82) is 0 Å². The molecule has 84 valence electrons. The Bertz CT molecular complexity index is 323. The lowest BCUT2D eigenvalue weighted by molar-refractivity contribution is 0.217. The van der Waals surface area contributed by atoms with Gasteiger partial charge in [0.15, 0.2) is 0 Å². The van der Waals surface area contributed by atoms with Crippen molar-refractivity contribution in [3.8, 4) is 0 Å². The minimum Gasteiger partial charge on any atom is -0.319 e. The summed E-state index contributed by atoms with van der Waals surface area (Å²) in [5, 5.41) is 4.10. The standard InChI is InChI=1S/C11H20N4/c1-3-9-4-6-11(12,7-5-9)10-13-8-14-15(10)2/h8-9H,3-7,12H2,1-2H3. The van der Waals surface area contributed by atoms with Gasteiger partial charge in [0.2, 0.25) is 0 Å². The van der Waals surface area contributed by atoms with Crippen LogP contribution in [0.4, 0.5) is 0 Å². The highest BCUT2D eigenvalue weighted by Crippen LogP contribution is 2.37. The van der Waals surface area contributed by atoms with Gasteiger partial charge in [-0.25, -0.2) is 4.98 Å². The third-order valence-corrected chi connectivity index (χ3v) is 3.73. The molecule has 0 bridgehead atoms. The summed E-state index contributed by atoms with van der Waals surface area (Å²) in [6.45, 7) is 2.26. The van der Waals surface area contributed by atoms with E-state index in [1.807, 2.05) is 11.7 Å². The van der Waals surface area contributed by atoms with E-state index < -0.39 is 0 Å². The molecule has 1 fully saturated rings. The second-order valence-electron chi connectivity index (χ2n) is 4.72. The Balaban J connectivity index is 2.13. The minimum absolute atomic E-state index is 0.239. The van der Waals surface area contributed by atoms with E-state index in [1.165, 1.54) is 19.3 Å². The Hall–Kier alpha value is -0.900. The molecular formula is C11H20N4. The molecule has 2 rings (SSSR count). The number of aromatic nitrogens is 3. The molecule has 1 heterocycles. The SMILES string of the molecule is CCC1CCC(N)(c2ncnn2C)CC1. The molecule has 0 atom stereocenters. The minimum atomic E-state index is -0.239. The molecule has 0 spiro atoms. The van der Waals surface area contributed by atoms with Gasteiger partial charge in [0.25, 0.3) is 0 Å². The van der Waals surface area contributed by atoms with Crippen LogP contribution in [-0.2, 0) is 12.6 Å². The first-order chi connectivity index (χ1) is 7.15. The molecule has 15 heavy (non-hydrogen) atoms. The lowest BCUT2D eigenvalue weighted by Gasteiger charge is -2.35. The molecule has 4 nitrogen and oxygen atoms in total. The van der Waals surface area contributed by atoms with Crippen LogP contribution in [0, 0.1) is 5.92 Å². The Labute approximate surface area is 90.9 Å². The zero-order valence-electron chi connectivity index (χ0n) is 9.61. The van der Waals surface area contributed by atoms with Gasteiger partial charge in [0.05, 0.1) is 5.54 Å². The molecule has 2 N–H and O–H groups in total. The third-order valence-electron chi connectivity index (χ3n) is 3.73. The number of hydrogen-bond donors (Lipinski definition) is 1. The molecule has 1 saturated carbocycles. The summed E-state index contributed by atoms with van der Waals surface area (Å²) in [5.41, 5.74) is 6.18. The van der Waals surface area contributed by atoms with Gasteiger partial charge in [-0.2, -0.15) is 5.10 Å². The van der Waals surface area contributed by atoms with Gasteiger partial charge in [-0.3, -0.25) is 4.68 Å². The molecule has 0 aliphatic heterocycles. The lowest BCUT2D eigenvalue weighted by atomic mass is 9.76. The van der Waals surface area contributed by atoms with Crippen molar-refractivity contribution in [2.45, 2.75) is 44.6 Å². The number of aryl methyl sites for hydroxylation is 1. The molecule has 1 aliphatic carbocycles.